The fourth-order valence-corrected chi connectivity index (χ4v) is 4.06. The van der Waals surface area contributed by atoms with Gasteiger partial charge in [-0.25, -0.2) is 8.42 Å². The third-order valence-electron chi connectivity index (χ3n) is 3.17. The highest BCUT2D eigenvalue weighted by atomic mass is 32.2. The minimum absolute atomic E-state index is 0.323. The summed E-state index contributed by atoms with van der Waals surface area (Å²) in [7, 11) is -3.35. The maximum absolute atomic E-state index is 12.2. The van der Waals surface area contributed by atoms with Crippen molar-refractivity contribution in [1.29, 1.82) is 0 Å². The smallest absolute Gasteiger partial charge is 0.183 e. The second-order valence-electron chi connectivity index (χ2n) is 4.39. The Kier molecular flexibility index (Phi) is 3.04. The second kappa shape index (κ2) is 4.18. The highest BCUT2D eigenvalue weighted by molar-refractivity contribution is 7.92. The molecule has 0 spiro atoms. The Bertz CT molecular complexity index is 462. The van der Waals surface area contributed by atoms with Gasteiger partial charge in [0.1, 0.15) is 0 Å². The lowest BCUT2D eigenvalue weighted by molar-refractivity contribution is 0.185. The molecule has 3 nitrogen and oxygen atoms in total. The van der Waals surface area contributed by atoms with Crippen molar-refractivity contribution in [3.63, 3.8) is 0 Å². The Morgan fingerprint density at radius 3 is 2.31 bits per heavy atom. The highest BCUT2D eigenvalue weighted by Gasteiger charge is 2.37. The first kappa shape index (κ1) is 11.6. The largest absolute Gasteiger partial charge is 0.392 e. The minimum Gasteiger partial charge on any atom is -0.392 e. The molecule has 0 amide bonds. The SMILES string of the molecule is Cc1ccc(S(=O)(=O)C2CCCC2O)cc1. The first-order valence-electron chi connectivity index (χ1n) is 5.50. The molecule has 1 aliphatic carbocycles. The Hall–Kier alpha value is -0.870. The molecule has 1 aromatic carbocycles. The van der Waals surface area contributed by atoms with E-state index < -0.39 is 21.2 Å². The van der Waals surface area contributed by atoms with E-state index in [4.69, 9.17) is 0 Å². The molecule has 1 fully saturated rings. The number of sulfone groups is 1. The van der Waals surface area contributed by atoms with Crippen LogP contribution in [0.4, 0.5) is 0 Å². The number of rotatable bonds is 2. The van der Waals surface area contributed by atoms with Crippen molar-refractivity contribution < 1.29 is 13.5 Å². The predicted molar refractivity (Wildman–Crippen MR) is 62.0 cm³/mol. The average Bonchev–Trinajstić information content (AvgIpc) is 2.66. The van der Waals surface area contributed by atoms with Gasteiger partial charge < -0.3 is 5.11 Å². The average molecular weight is 240 g/mol. The number of hydrogen-bond acceptors (Lipinski definition) is 3. The fourth-order valence-electron chi connectivity index (χ4n) is 2.17. The maximum Gasteiger partial charge on any atom is 0.183 e. The lowest BCUT2D eigenvalue weighted by atomic mass is 10.2. The van der Waals surface area contributed by atoms with Crippen molar-refractivity contribution in [2.75, 3.05) is 0 Å². The van der Waals surface area contributed by atoms with Gasteiger partial charge in [0.2, 0.25) is 0 Å². The molecule has 2 unspecified atom stereocenters. The molecular formula is C12H16O3S. The Morgan fingerprint density at radius 1 is 1.19 bits per heavy atom. The highest BCUT2D eigenvalue weighted by Crippen LogP contribution is 2.29. The molecule has 1 saturated carbocycles. The molecule has 0 radical (unpaired) electrons. The summed E-state index contributed by atoms with van der Waals surface area (Å²) in [6.07, 6.45) is 1.25. The van der Waals surface area contributed by atoms with Gasteiger partial charge in [0, 0.05) is 0 Å². The number of hydrogen-bond donors (Lipinski definition) is 1. The van der Waals surface area contributed by atoms with Crippen LogP contribution in [0.5, 0.6) is 0 Å². The Balaban J connectivity index is 2.35. The van der Waals surface area contributed by atoms with Crippen LogP contribution in [-0.2, 0) is 9.84 Å². The summed E-state index contributed by atoms with van der Waals surface area (Å²) in [4.78, 5) is 0.323. The van der Waals surface area contributed by atoms with Crippen LogP contribution in [0.15, 0.2) is 29.2 Å². The number of aryl methyl sites for hydroxylation is 1. The van der Waals surface area contributed by atoms with Gasteiger partial charge in [-0.3, -0.25) is 0 Å². The summed E-state index contributed by atoms with van der Waals surface area (Å²) < 4.78 is 24.4. The monoisotopic (exact) mass is 240 g/mol. The molecule has 0 aromatic heterocycles. The summed E-state index contributed by atoms with van der Waals surface area (Å²) in [6, 6.07) is 6.81. The molecule has 1 N–H and O–H groups in total. The van der Waals surface area contributed by atoms with Gasteiger partial charge >= 0.3 is 0 Å². The van der Waals surface area contributed by atoms with E-state index in [0.29, 0.717) is 17.7 Å². The molecule has 2 atom stereocenters. The van der Waals surface area contributed by atoms with E-state index in [-0.39, 0.29) is 0 Å². The minimum atomic E-state index is -3.35. The Labute approximate surface area is 96.0 Å². The van der Waals surface area contributed by atoms with Crippen LogP contribution < -0.4 is 0 Å². The molecule has 1 aliphatic rings. The zero-order chi connectivity index (χ0) is 11.8. The normalized spacial score (nSPS) is 25.9. The molecule has 88 valence electrons. The van der Waals surface area contributed by atoms with Crippen LogP contribution in [-0.4, -0.2) is 24.9 Å². The first-order valence-corrected chi connectivity index (χ1v) is 7.05. The summed E-state index contributed by atoms with van der Waals surface area (Å²) in [5, 5.41) is 9.05. The van der Waals surface area contributed by atoms with E-state index in [9.17, 15) is 13.5 Å². The van der Waals surface area contributed by atoms with E-state index >= 15 is 0 Å². The molecule has 0 aliphatic heterocycles. The number of benzene rings is 1. The van der Waals surface area contributed by atoms with Gasteiger partial charge in [0.25, 0.3) is 0 Å². The molecule has 0 heterocycles. The number of aliphatic hydroxyl groups is 1. The first-order chi connectivity index (χ1) is 7.51. The van der Waals surface area contributed by atoms with Crippen LogP contribution in [0.2, 0.25) is 0 Å². The predicted octanol–water partition coefficient (Wildman–Crippen LogP) is 1.68. The molecule has 16 heavy (non-hydrogen) atoms. The van der Waals surface area contributed by atoms with E-state index in [2.05, 4.69) is 0 Å². The Morgan fingerprint density at radius 2 is 1.81 bits per heavy atom. The van der Waals surface area contributed by atoms with Gasteiger partial charge in [-0.2, -0.15) is 0 Å². The molecule has 2 rings (SSSR count). The zero-order valence-electron chi connectivity index (χ0n) is 9.26. The lowest BCUT2D eigenvalue weighted by Crippen LogP contribution is -2.29. The molecule has 1 aromatic rings. The molecule has 0 saturated heterocycles. The molecule has 4 heteroatoms. The maximum atomic E-state index is 12.2. The van der Waals surface area contributed by atoms with Crippen molar-refractivity contribution in [3.05, 3.63) is 29.8 Å². The zero-order valence-corrected chi connectivity index (χ0v) is 10.1. The lowest BCUT2D eigenvalue weighted by Gasteiger charge is -2.15. The van der Waals surface area contributed by atoms with Gasteiger partial charge in [-0.15, -0.1) is 0 Å². The number of aliphatic hydroxyl groups excluding tert-OH is 1. The van der Waals surface area contributed by atoms with Crippen molar-refractivity contribution in [2.24, 2.45) is 0 Å². The standard InChI is InChI=1S/C12H16O3S/c1-9-5-7-10(8-6-9)16(14,15)12-4-2-3-11(12)13/h5-8,11-13H,2-4H2,1H3. The van der Waals surface area contributed by atoms with E-state index in [1.165, 1.54) is 0 Å². The summed E-state index contributed by atoms with van der Waals surface area (Å²) in [5.74, 6) is 0. The van der Waals surface area contributed by atoms with E-state index in [1.54, 1.807) is 24.3 Å². The quantitative estimate of drug-likeness (QED) is 0.855. The van der Waals surface area contributed by atoms with Gasteiger partial charge in [0.15, 0.2) is 9.84 Å². The van der Waals surface area contributed by atoms with Crippen LogP contribution in [0.3, 0.4) is 0 Å². The second-order valence-corrected chi connectivity index (χ2v) is 6.56. The third-order valence-corrected chi connectivity index (χ3v) is 5.44. The van der Waals surface area contributed by atoms with Crippen molar-refractivity contribution in [2.45, 2.75) is 42.4 Å². The van der Waals surface area contributed by atoms with Crippen LogP contribution in [0.25, 0.3) is 0 Å². The van der Waals surface area contributed by atoms with Gasteiger partial charge in [-0.1, -0.05) is 17.7 Å². The van der Waals surface area contributed by atoms with Gasteiger partial charge in [0.05, 0.1) is 16.2 Å². The van der Waals surface area contributed by atoms with Crippen LogP contribution in [0, 0.1) is 6.92 Å². The van der Waals surface area contributed by atoms with Crippen molar-refractivity contribution in [1.82, 2.24) is 0 Å². The summed E-state index contributed by atoms with van der Waals surface area (Å²) >= 11 is 0. The topological polar surface area (TPSA) is 54.4 Å². The fraction of sp³-hybridized carbons (Fsp3) is 0.500. The van der Waals surface area contributed by atoms with E-state index in [0.717, 1.165) is 12.0 Å². The van der Waals surface area contributed by atoms with Crippen molar-refractivity contribution in [3.8, 4) is 0 Å². The molecular weight excluding hydrogens is 224 g/mol. The third kappa shape index (κ3) is 1.99. The van der Waals surface area contributed by atoms with Crippen LogP contribution in [0.1, 0.15) is 24.8 Å². The van der Waals surface area contributed by atoms with Gasteiger partial charge in [-0.05, 0) is 38.3 Å². The summed E-state index contributed by atoms with van der Waals surface area (Å²) in [5.41, 5.74) is 1.03. The van der Waals surface area contributed by atoms with Crippen LogP contribution >= 0.6 is 0 Å². The summed E-state index contributed by atoms with van der Waals surface area (Å²) in [6.45, 7) is 1.92. The van der Waals surface area contributed by atoms with E-state index in [1.807, 2.05) is 6.92 Å². The molecule has 0 bridgehead atoms. The van der Waals surface area contributed by atoms with Crippen molar-refractivity contribution >= 4 is 9.84 Å².